The fourth-order valence-corrected chi connectivity index (χ4v) is 11.2. The Balaban J connectivity index is 1.06. The molecule has 2 aromatic heterocycles. The summed E-state index contributed by atoms with van der Waals surface area (Å²) in [4.78, 5) is 13.1. The summed E-state index contributed by atoms with van der Waals surface area (Å²) in [5.41, 5.74) is 14.4. The molecule has 254 valence electrons. The van der Waals surface area contributed by atoms with E-state index in [0.29, 0.717) is 10.5 Å². The van der Waals surface area contributed by atoms with Crippen LogP contribution in [0.3, 0.4) is 0 Å². The van der Waals surface area contributed by atoms with Crippen molar-refractivity contribution in [1.29, 1.82) is 0 Å². The lowest BCUT2D eigenvalue weighted by Crippen LogP contribution is -2.20. The smallest absolute Gasteiger partial charge is 0.160 e. The molecule has 0 spiro atoms. The van der Waals surface area contributed by atoms with Gasteiger partial charge in [0.25, 0.3) is 0 Å². The zero-order valence-corrected chi connectivity index (χ0v) is 30.7. The molecule has 5 heteroatoms. The van der Waals surface area contributed by atoms with Gasteiger partial charge in [-0.05, 0) is 84.3 Å². The average Bonchev–Trinajstić information content (AvgIpc) is 3.55. The summed E-state index contributed by atoms with van der Waals surface area (Å²) in [6, 6.07) is 38.0. The maximum atomic E-state index is 5.22. The van der Waals surface area contributed by atoms with Crippen molar-refractivity contribution in [2.75, 3.05) is 0 Å². The number of rotatable bonds is 4. The van der Waals surface area contributed by atoms with Gasteiger partial charge in [-0.1, -0.05) is 115 Å². The van der Waals surface area contributed by atoms with E-state index in [9.17, 15) is 0 Å². The van der Waals surface area contributed by atoms with E-state index in [4.69, 9.17) is 9.97 Å². The molecule has 0 bridgehead atoms. The van der Waals surface area contributed by atoms with Crippen molar-refractivity contribution >= 4 is 57.5 Å². The summed E-state index contributed by atoms with van der Waals surface area (Å²) in [5.74, 6) is 0.764. The Morgan fingerprint density at radius 3 is 2.15 bits per heavy atom. The molecular formula is C48H35N3S2. The largest absolute Gasteiger partial charge is 0.309 e. The molecule has 4 aliphatic rings. The molecule has 0 radical (unpaired) electrons. The molecule has 0 amide bonds. The molecule has 3 aliphatic carbocycles. The van der Waals surface area contributed by atoms with Crippen LogP contribution in [0.1, 0.15) is 35.2 Å². The van der Waals surface area contributed by atoms with Crippen molar-refractivity contribution in [3.05, 3.63) is 162 Å². The summed E-state index contributed by atoms with van der Waals surface area (Å²) in [7, 11) is 0. The number of aryl methyl sites for hydroxylation is 1. The highest BCUT2D eigenvalue weighted by atomic mass is 32.2. The van der Waals surface area contributed by atoms with E-state index in [-0.39, 0.29) is 0 Å². The van der Waals surface area contributed by atoms with Crippen LogP contribution in [0, 0.1) is 0 Å². The minimum absolute atomic E-state index is 0.458. The average molecular weight is 718 g/mol. The van der Waals surface area contributed by atoms with Crippen LogP contribution in [-0.2, 0) is 12.8 Å². The Morgan fingerprint density at radius 2 is 1.30 bits per heavy atom. The highest BCUT2D eigenvalue weighted by Gasteiger charge is 2.30. The Morgan fingerprint density at radius 1 is 0.585 bits per heavy atom. The first-order chi connectivity index (χ1) is 26.2. The minimum atomic E-state index is 0.458. The lowest BCUT2D eigenvalue weighted by Gasteiger charge is -2.29. The normalized spacial score (nSPS) is 18.2. The fraction of sp³-hybridized carbons (Fsp3) is 0.125. The van der Waals surface area contributed by atoms with E-state index in [2.05, 4.69) is 156 Å². The van der Waals surface area contributed by atoms with E-state index >= 15 is 0 Å². The van der Waals surface area contributed by atoms with Crippen LogP contribution >= 0.6 is 23.5 Å². The molecular weight excluding hydrogens is 683 g/mol. The van der Waals surface area contributed by atoms with Gasteiger partial charge in [-0.3, -0.25) is 0 Å². The molecule has 11 rings (SSSR count). The second kappa shape index (κ2) is 12.6. The Bertz CT molecular complexity index is 2750. The van der Waals surface area contributed by atoms with Gasteiger partial charge in [-0.15, -0.1) is 23.5 Å². The molecule has 7 aromatic rings. The molecule has 5 aromatic carbocycles. The SMILES string of the molecule is C1=CC2Sc3cc4c(cc3S[C@H]2C=C1)c1ccc2c(c1n4-c1cccc(-c3cccc(-c4nc5c(c(-c6ccccc6)n4)CCC=C5)c3)c1)CCC=C2. The minimum Gasteiger partial charge on any atom is -0.309 e. The number of nitrogens with zero attached hydrogens (tertiary/aromatic N) is 3. The fourth-order valence-electron chi connectivity index (χ4n) is 8.51. The second-order valence-corrected chi connectivity index (χ2v) is 16.7. The van der Waals surface area contributed by atoms with Crippen LogP contribution in [0.25, 0.3) is 73.4 Å². The topological polar surface area (TPSA) is 30.7 Å². The molecule has 3 nitrogen and oxygen atoms in total. The number of benzene rings is 5. The predicted octanol–water partition coefficient (Wildman–Crippen LogP) is 12.6. The summed E-state index contributed by atoms with van der Waals surface area (Å²) in [5, 5.41) is 3.60. The van der Waals surface area contributed by atoms with E-state index < -0.39 is 0 Å². The van der Waals surface area contributed by atoms with Gasteiger partial charge < -0.3 is 4.57 Å². The molecule has 0 saturated carbocycles. The highest BCUT2D eigenvalue weighted by molar-refractivity contribution is 8.06. The lowest BCUT2D eigenvalue weighted by atomic mass is 9.94. The van der Waals surface area contributed by atoms with Crippen molar-refractivity contribution in [3.63, 3.8) is 0 Å². The zero-order chi connectivity index (χ0) is 34.9. The van der Waals surface area contributed by atoms with Gasteiger partial charge in [0.1, 0.15) is 0 Å². The van der Waals surface area contributed by atoms with Gasteiger partial charge in [-0.2, -0.15) is 0 Å². The molecule has 53 heavy (non-hydrogen) atoms. The molecule has 0 saturated heterocycles. The number of allylic oxidation sites excluding steroid dienone is 4. The molecule has 1 aliphatic heterocycles. The first-order valence-electron chi connectivity index (χ1n) is 18.6. The molecule has 1 unspecified atom stereocenters. The van der Waals surface area contributed by atoms with Crippen LogP contribution in [0.15, 0.2) is 149 Å². The van der Waals surface area contributed by atoms with Gasteiger partial charge >= 0.3 is 0 Å². The van der Waals surface area contributed by atoms with Crippen molar-refractivity contribution < 1.29 is 0 Å². The first kappa shape index (κ1) is 31.2. The van der Waals surface area contributed by atoms with Crippen molar-refractivity contribution in [1.82, 2.24) is 14.5 Å². The summed E-state index contributed by atoms with van der Waals surface area (Å²) >= 11 is 4.02. The summed E-state index contributed by atoms with van der Waals surface area (Å²) in [6.45, 7) is 0. The standard InChI is InChI=1S/C48H35N3S2/c1-2-13-31(14-3-1)46-38-20-6-7-21-40(38)49-48(50-46)34-17-10-15-32(26-34)33-16-11-18-35(27-33)51-41-29-45-44(52-42-22-8-9-23-43(42)53-45)28-39(41)37-25-24-30-12-4-5-19-36(30)47(37)51/h1-4,7-18,21-29,42-43H,5-6,19-20H2/t42-,43?/m0/s1. The van der Waals surface area contributed by atoms with Gasteiger partial charge in [0.05, 0.1) is 22.4 Å². The quantitative estimate of drug-likeness (QED) is 0.181. The number of thioether (sulfide) groups is 2. The first-order valence-corrected chi connectivity index (χ1v) is 20.3. The maximum absolute atomic E-state index is 5.22. The Kier molecular flexibility index (Phi) is 7.44. The lowest BCUT2D eigenvalue weighted by molar-refractivity contribution is 0.947. The van der Waals surface area contributed by atoms with Gasteiger partial charge in [-0.25, -0.2) is 9.97 Å². The van der Waals surface area contributed by atoms with Crippen molar-refractivity contribution in [2.45, 2.75) is 46.0 Å². The third-order valence-corrected chi connectivity index (χ3v) is 14.0. The highest BCUT2D eigenvalue weighted by Crippen LogP contribution is 2.50. The molecule has 3 heterocycles. The second-order valence-electron chi connectivity index (χ2n) is 14.3. The third kappa shape index (κ3) is 5.28. The summed E-state index contributed by atoms with van der Waals surface area (Å²) < 4.78 is 2.55. The molecule has 0 N–H and O–H groups in total. The molecule has 2 atom stereocenters. The van der Waals surface area contributed by atoms with Crippen LogP contribution in [0.5, 0.6) is 0 Å². The van der Waals surface area contributed by atoms with Crippen LogP contribution in [0.4, 0.5) is 0 Å². The zero-order valence-electron chi connectivity index (χ0n) is 29.1. The van der Waals surface area contributed by atoms with Crippen LogP contribution in [-0.4, -0.2) is 25.0 Å². The van der Waals surface area contributed by atoms with E-state index in [1.807, 2.05) is 23.5 Å². The number of fused-ring (bicyclic) bond motifs is 8. The van der Waals surface area contributed by atoms with Gasteiger partial charge in [0.2, 0.25) is 0 Å². The van der Waals surface area contributed by atoms with Crippen LogP contribution in [0.2, 0.25) is 0 Å². The maximum Gasteiger partial charge on any atom is 0.160 e. The third-order valence-electron chi connectivity index (χ3n) is 11.0. The van der Waals surface area contributed by atoms with E-state index in [1.165, 1.54) is 59.5 Å². The molecule has 0 fully saturated rings. The van der Waals surface area contributed by atoms with Gasteiger partial charge in [0, 0.05) is 53.4 Å². The summed E-state index contributed by atoms with van der Waals surface area (Å²) in [6.07, 6.45) is 22.2. The monoisotopic (exact) mass is 717 g/mol. The number of hydrogen-bond donors (Lipinski definition) is 0. The Labute approximate surface area is 317 Å². The predicted molar refractivity (Wildman–Crippen MR) is 225 cm³/mol. The Hall–Kier alpha value is -5.36. The van der Waals surface area contributed by atoms with Gasteiger partial charge in [0.15, 0.2) is 5.82 Å². The number of aromatic nitrogens is 3. The van der Waals surface area contributed by atoms with Crippen molar-refractivity contribution in [2.24, 2.45) is 0 Å². The van der Waals surface area contributed by atoms with E-state index in [1.54, 1.807) is 0 Å². The van der Waals surface area contributed by atoms with Crippen molar-refractivity contribution in [3.8, 4) is 39.5 Å². The number of hydrogen-bond acceptors (Lipinski definition) is 4. The van der Waals surface area contributed by atoms with Crippen LogP contribution < -0.4 is 0 Å². The van der Waals surface area contributed by atoms with E-state index in [0.717, 1.165) is 59.6 Å².